The molecule has 0 fully saturated rings. The molecule has 10 rings (SSSR count). The summed E-state index contributed by atoms with van der Waals surface area (Å²) >= 11 is 1.93. The van der Waals surface area contributed by atoms with Crippen LogP contribution in [0.25, 0.3) is 27.8 Å². The zero-order chi connectivity index (χ0) is 30.7. The first-order chi connectivity index (χ1) is 22.5. The summed E-state index contributed by atoms with van der Waals surface area (Å²) in [6.07, 6.45) is 0. The molecule has 0 bridgehead atoms. The van der Waals surface area contributed by atoms with Gasteiger partial charge in [0.25, 0.3) is 0 Å². The van der Waals surface area contributed by atoms with Crippen LogP contribution in [-0.4, -0.2) is 11.3 Å². The normalized spacial score (nSPS) is 14.5. The third kappa shape index (κ3) is 3.40. The lowest BCUT2D eigenvalue weighted by atomic mass is 9.35. The highest BCUT2D eigenvalue weighted by Gasteiger charge is 2.45. The Morgan fingerprint density at radius 1 is 0.652 bits per heavy atom. The van der Waals surface area contributed by atoms with Gasteiger partial charge in [0.2, 0.25) is 6.71 Å². The summed E-state index contributed by atoms with van der Waals surface area (Å²) in [5, 5.41) is 1.39. The maximum atomic E-state index is 2.63. The predicted molar refractivity (Wildman–Crippen MR) is 195 cm³/mol. The van der Waals surface area contributed by atoms with E-state index in [9.17, 15) is 0 Å². The van der Waals surface area contributed by atoms with E-state index >= 15 is 0 Å². The molecule has 3 aliphatic rings. The molecule has 2 aliphatic heterocycles. The molecule has 46 heavy (non-hydrogen) atoms. The fraction of sp³-hybridized carbons (Fsp3) is 0.0952. The van der Waals surface area contributed by atoms with Crippen LogP contribution in [-0.2, 0) is 5.41 Å². The molecule has 2 nitrogen and oxygen atoms in total. The molecule has 1 aliphatic carbocycles. The average molecular weight is 607 g/mol. The molecule has 0 N–H and O–H groups in total. The van der Waals surface area contributed by atoms with Gasteiger partial charge in [0.05, 0.1) is 5.69 Å². The van der Waals surface area contributed by atoms with Crippen molar-refractivity contribution in [1.29, 1.82) is 0 Å². The van der Waals surface area contributed by atoms with Crippen molar-refractivity contribution in [3.63, 3.8) is 0 Å². The van der Waals surface area contributed by atoms with Gasteiger partial charge < -0.3 is 9.47 Å². The summed E-state index contributed by atoms with van der Waals surface area (Å²) < 4.78 is 2.63. The van der Waals surface area contributed by atoms with Crippen LogP contribution in [0.3, 0.4) is 0 Å². The average Bonchev–Trinajstić information content (AvgIpc) is 3.55. The minimum absolute atomic E-state index is 0.0687. The van der Waals surface area contributed by atoms with E-state index < -0.39 is 0 Å². The molecule has 4 heteroatoms. The minimum atomic E-state index is -0.0687. The molecule has 1 aromatic heterocycles. The number of hydrogen-bond donors (Lipinski definition) is 0. The van der Waals surface area contributed by atoms with Gasteiger partial charge in [-0.1, -0.05) is 116 Å². The first-order valence-corrected chi connectivity index (χ1v) is 17.0. The molecule has 0 atom stereocenters. The molecule has 6 aromatic carbocycles. The van der Waals surface area contributed by atoms with Gasteiger partial charge >= 0.3 is 0 Å². The Labute approximate surface area is 274 Å². The largest absolute Gasteiger partial charge is 0.310 e. The summed E-state index contributed by atoms with van der Waals surface area (Å²) in [4.78, 5) is 5.07. The van der Waals surface area contributed by atoms with Crippen molar-refractivity contribution in [2.75, 3.05) is 4.90 Å². The van der Waals surface area contributed by atoms with Gasteiger partial charge in [-0.05, 0) is 83.1 Å². The SMILES string of the molecule is Cc1cc2c3c(c1)-n1c4c(c5cccc(c51)B3c1ccc(N(c3ccccc3)c3ccccc3)cc1S2)C(C)(C)c1ccccc1-4. The number of aromatic nitrogens is 1. The number of benzene rings is 6. The van der Waals surface area contributed by atoms with Crippen LogP contribution in [0.15, 0.2) is 143 Å². The van der Waals surface area contributed by atoms with Crippen molar-refractivity contribution < 1.29 is 0 Å². The Hall–Kier alpha value is -4.93. The van der Waals surface area contributed by atoms with E-state index in [4.69, 9.17) is 0 Å². The van der Waals surface area contributed by atoms with Gasteiger partial charge in [-0.15, -0.1) is 0 Å². The number of rotatable bonds is 3. The van der Waals surface area contributed by atoms with Crippen molar-refractivity contribution in [3.05, 3.63) is 150 Å². The fourth-order valence-corrected chi connectivity index (χ4v) is 9.89. The monoisotopic (exact) mass is 606 g/mol. The van der Waals surface area contributed by atoms with Gasteiger partial charge in [0, 0.05) is 54.4 Å². The summed E-state index contributed by atoms with van der Waals surface area (Å²) in [6.45, 7) is 7.25. The standard InChI is InChI=1S/C42H31BN2S/c1-26-23-35-39-37(24-26)46-36-25-29(44(27-13-6-4-7-14-27)28-15-8-5-9-16-28)21-22-33(36)43(39)34-20-12-18-31-38-41(45(35)40(31)34)30-17-10-11-19-32(30)42(38,2)3/h4-25H,1-3H3. The van der Waals surface area contributed by atoms with Crippen molar-refractivity contribution in [3.8, 4) is 16.9 Å². The Morgan fingerprint density at radius 2 is 1.37 bits per heavy atom. The molecule has 3 heterocycles. The van der Waals surface area contributed by atoms with Crippen LogP contribution in [0.5, 0.6) is 0 Å². The van der Waals surface area contributed by atoms with E-state index in [2.05, 4.69) is 164 Å². The van der Waals surface area contributed by atoms with Crippen LogP contribution in [0, 0.1) is 6.92 Å². The minimum Gasteiger partial charge on any atom is -0.310 e. The Bertz CT molecular complexity index is 2350. The first kappa shape index (κ1) is 26.3. The van der Waals surface area contributed by atoms with Gasteiger partial charge in [0.15, 0.2) is 0 Å². The van der Waals surface area contributed by atoms with Crippen molar-refractivity contribution >= 4 is 62.8 Å². The molecule has 7 aromatic rings. The number of aryl methyl sites for hydroxylation is 1. The van der Waals surface area contributed by atoms with Crippen LogP contribution in [0.1, 0.15) is 30.5 Å². The van der Waals surface area contributed by atoms with E-state index in [-0.39, 0.29) is 12.1 Å². The van der Waals surface area contributed by atoms with Gasteiger partial charge in [-0.2, -0.15) is 0 Å². The lowest BCUT2D eigenvalue weighted by molar-refractivity contribution is 0.666. The van der Waals surface area contributed by atoms with E-state index in [0.717, 1.165) is 11.4 Å². The summed E-state index contributed by atoms with van der Waals surface area (Å²) in [7, 11) is 0. The summed E-state index contributed by atoms with van der Waals surface area (Å²) in [6, 6.07) is 49.5. The van der Waals surface area contributed by atoms with Gasteiger partial charge in [-0.25, -0.2) is 0 Å². The first-order valence-electron chi connectivity index (χ1n) is 16.2. The zero-order valence-electron chi connectivity index (χ0n) is 26.1. The molecule has 0 amide bonds. The second-order valence-electron chi connectivity index (χ2n) is 13.4. The smallest absolute Gasteiger partial charge is 0.249 e. The fourth-order valence-electron chi connectivity index (χ4n) is 8.59. The Morgan fingerprint density at radius 3 is 2.13 bits per heavy atom. The second kappa shape index (κ2) is 9.31. The van der Waals surface area contributed by atoms with Crippen LogP contribution in [0.4, 0.5) is 17.1 Å². The molecule has 218 valence electrons. The predicted octanol–water partition coefficient (Wildman–Crippen LogP) is 9.01. The van der Waals surface area contributed by atoms with E-state index in [1.165, 1.54) is 76.4 Å². The van der Waals surface area contributed by atoms with Crippen molar-refractivity contribution in [1.82, 2.24) is 4.57 Å². The van der Waals surface area contributed by atoms with E-state index in [1.807, 2.05) is 11.8 Å². The molecular formula is C42H31BN2S. The van der Waals surface area contributed by atoms with Crippen molar-refractivity contribution in [2.45, 2.75) is 36.0 Å². The van der Waals surface area contributed by atoms with Gasteiger partial charge in [0.1, 0.15) is 0 Å². The third-order valence-electron chi connectivity index (χ3n) is 10.4. The van der Waals surface area contributed by atoms with E-state index in [1.54, 1.807) is 0 Å². The molecule has 0 saturated heterocycles. The molecular weight excluding hydrogens is 575 g/mol. The lowest BCUT2D eigenvalue weighted by Crippen LogP contribution is -2.58. The van der Waals surface area contributed by atoms with Gasteiger partial charge in [-0.3, -0.25) is 0 Å². The Kier molecular flexibility index (Phi) is 5.32. The lowest BCUT2D eigenvalue weighted by Gasteiger charge is -2.35. The molecule has 0 saturated carbocycles. The second-order valence-corrected chi connectivity index (χ2v) is 14.5. The van der Waals surface area contributed by atoms with Crippen LogP contribution < -0.4 is 21.3 Å². The third-order valence-corrected chi connectivity index (χ3v) is 11.6. The Balaban J connectivity index is 1.24. The molecule has 0 unspecified atom stereocenters. The number of hydrogen-bond acceptors (Lipinski definition) is 2. The highest BCUT2D eigenvalue weighted by Crippen LogP contribution is 2.54. The summed E-state index contributed by atoms with van der Waals surface area (Å²) in [5.74, 6) is 0. The van der Waals surface area contributed by atoms with Crippen LogP contribution in [0.2, 0.25) is 0 Å². The quantitative estimate of drug-likeness (QED) is 0.186. The maximum absolute atomic E-state index is 2.63. The number of anilines is 3. The van der Waals surface area contributed by atoms with E-state index in [0.29, 0.717) is 0 Å². The zero-order valence-corrected chi connectivity index (χ0v) is 26.9. The summed E-state index contributed by atoms with van der Waals surface area (Å²) in [5.41, 5.74) is 17.3. The number of para-hydroxylation sites is 3. The highest BCUT2D eigenvalue weighted by molar-refractivity contribution is 8.00. The maximum Gasteiger partial charge on any atom is 0.249 e. The number of fused-ring (bicyclic) bond motifs is 9. The van der Waals surface area contributed by atoms with Crippen LogP contribution >= 0.6 is 11.8 Å². The highest BCUT2D eigenvalue weighted by atomic mass is 32.2. The van der Waals surface area contributed by atoms with Crippen molar-refractivity contribution in [2.24, 2.45) is 0 Å². The molecule has 0 radical (unpaired) electrons. The topological polar surface area (TPSA) is 8.17 Å². The number of nitrogens with zero attached hydrogens (tertiary/aromatic N) is 2. The molecule has 0 spiro atoms.